The van der Waals surface area contributed by atoms with Crippen molar-refractivity contribution >= 4 is 5.97 Å². The topological polar surface area (TPSA) is 53.7 Å². The Morgan fingerprint density at radius 3 is 2.81 bits per heavy atom. The zero-order valence-electron chi connectivity index (χ0n) is 9.64. The van der Waals surface area contributed by atoms with Gasteiger partial charge in [-0.1, -0.05) is 0 Å². The molecule has 0 amide bonds. The van der Waals surface area contributed by atoms with Crippen molar-refractivity contribution in [1.82, 2.24) is 4.90 Å². The van der Waals surface area contributed by atoms with Crippen LogP contribution in [-0.4, -0.2) is 28.6 Å². The normalized spacial score (nSPS) is 19.7. The fraction of sp³-hybridized carbons (Fsp3) is 0.583. The van der Waals surface area contributed by atoms with Gasteiger partial charge in [0.25, 0.3) is 0 Å². The quantitative estimate of drug-likeness (QED) is 0.829. The lowest BCUT2D eigenvalue weighted by Crippen LogP contribution is -2.51. The summed E-state index contributed by atoms with van der Waals surface area (Å²) in [5.41, 5.74) is 0.257. The molecule has 1 aromatic rings. The van der Waals surface area contributed by atoms with E-state index in [9.17, 15) is 9.90 Å². The Kier molecular flexibility index (Phi) is 2.76. The van der Waals surface area contributed by atoms with Gasteiger partial charge < -0.3 is 9.52 Å². The third-order valence-corrected chi connectivity index (χ3v) is 3.60. The van der Waals surface area contributed by atoms with Crippen molar-refractivity contribution in [3.63, 3.8) is 0 Å². The molecule has 0 radical (unpaired) electrons. The first-order chi connectivity index (χ1) is 7.55. The van der Waals surface area contributed by atoms with Crippen molar-refractivity contribution in [3.8, 4) is 0 Å². The van der Waals surface area contributed by atoms with Crippen LogP contribution in [-0.2, 0) is 11.3 Å². The van der Waals surface area contributed by atoms with Gasteiger partial charge >= 0.3 is 5.97 Å². The van der Waals surface area contributed by atoms with E-state index < -0.39 is 11.5 Å². The molecule has 0 aliphatic heterocycles. The average Bonchev–Trinajstić information content (AvgIpc) is 2.97. The first-order valence-corrected chi connectivity index (χ1v) is 5.51. The Labute approximate surface area is 94.9 Å². The van der Waals surface area contributed by atoms with E-state index in [0.29, 0.717) is 6.54 Å². The highest BCUT2D eigenvalue weighted by Crippen LogP contribution is 2.43. The molecular weight excluding hydrogens is 206 g/mol. The van der Waals surface area contributed by atoms with Gasteiger partial charge in [0, 0.05) is 12.1 Å². The highest BCUT2D eigenvalue weighted by atomic mass is 16.4. The second-order valence-corrected chi connectivity index (χ2v) is 4.71. The van der Waals surface area contributed by atoms with Crippen LogP contribution in [0.5, 0.6) is 0 Å². The Balaban J connectivity index is 2.11. The first-order valence-electron chi connectivity index (χ1n) is 5.51. The second-order valence-electron chi connectivity index (χ2n) is 4.71. The summed E-state index contributed by atoms with van der Waals surface area (Å²) in [5, 5.41) is 9.38. The molecule has 1 unspecified atom stereocenters. The second kappa shape index (κ2) is 3.94. The maximum Gasteiger partial charge on any atom is 0.324 e. The Hall–Kier alpha value is -1.29. The zero-order chi connectivity index (χ0) is 11.8. The molecule has 2 rings (SSSR count). The molecule has 4 heteroatoms. The standard InChI is InChI=1S/C12H17NO3/c1-12(11(14)15,10-3-4-10)13(2)7-9-5-6-16-8-9/h5-6,8,10H,3-4,7H2,1-2H3,(H,14,15). The Bertz CT molecular complexity index is 370. The van der Waals surface area contributed by atoms with Gasteiger partial charge in [-0.15, -0.1) is 0 Å². The molecule has 1 aliphatic rings. The molecular formula is C12H17NO3. The molecule has 88 valence electrons. The number of carboxylic acid groups (broad SMARTS) is 1. The van der Waals surface area contributed by atoms with Crippen LogP contribution in [0.25, 0.3) is 0 Å². The van der Waals surface area contributed by atoms with Crippen LogP contribution in [0.3, 0.4) is 0 Å². The number of aliphatic carboxylic acids is 1. The van der Waals surface area contributed by atoms with Crippen LogP contribution in [0.4, 0.5) is 0 Å². The van der Waals surface area contributed by atoms with Gasteiger partial charge in [-0.3, -0.25) is 9.69 Å². The molecule has 4 nitrogen and oxygen atoms in total. The minimum Gasteiger partial charge on any atom is -0.480 e. The van der Waals surface area contributed by atoms with Crippen LogP contribution < -0.4 is 0 Å². The van der Waals surface area contributed by atoms with Crippen LogP contribution in [0.15, 0.2) is 23.0 Å². The molecule has 1 aliphatic carbocycles. The van der Waals surface area contributed by atoms with Crippen molar-refractivity contribution in [2.24, 2.45) is 5.92 Å². The number of hydrogen-bond acceptors (Lipinski definition) is 3. The third kappa shape index (κ3) is 1.85. The largest absolute Gasteiger partial charge is 0.480 e. The van der Waals surface area contributed by atoms with E-state index in [1.165, 1.54) is 0 Å². The van der Waals surface area contributed by atoms with E-state index in [4.69, 9.17) is 4.42 Å². The fourth-order valence-electron chi connectivity index (χ4n) is 2.12. The predicted molar refractivity (Wildman–Crippen MR) is 58.9 cm³/mol. The maximum atomic E-state index is 11.4. The number of hydrogen-bond donors (Lipinski definition) is 1. The number of furan rings is 1. The van der Waals surface area contributed by atoms with Crippen molar-refractivity contribution < 1.29 is 14.3 Å². The zero-order valence-corrected chi connectivity index (χ0v) is 9.64. The van der Waals surface area contributed by atoms with Crippen LogP contribution in [0.2, 0.25) is 0 Å². The highest BCUT2D eigenvalue weighted by Gasteiger charge is 2.50. The Morgan fingerprint density at radius 2 is 2.38 bits per heavy atom. The first kappa shape index (κ1) is 11.2. The predicted octanol–water partition coefficient (Wildman–Crippen LogP) is 1.96. The van der Waals surface area contributed by atoms with Gasteiger partial charge in [0.1, 0.15) is 5.54 Å². The van der Waals surface area contributed by atoms with E-state index in [1.807, 2.05) is 24.9 Å². The summed E-state index contributed by atoms with van der Waals surface area (Å²) in [6, 6.07) is 1.87. The van der Waals surface area contributed by atoms with Gasteiger partial charge in [-0.2, -0.15) is 0 Å². The van der Waals surface area contributed by atoms with Gasteiger partial charge in [0.05, 0.1) is 12.5 Å². The van der Waals surface area contributed by atoms with Crippen molar-refractivity contribution in [3.05, 3.63) is 24.2 Å². The summed E-state index contributed by atoms with van der Waals surface area (Å²) < 4.78 is 4.99. The number of carboxylic acids is 1. The van der Waals surface area contributed by atoms with E-state index in [-0.39, 0.29) is 5.92 Å². The fourth-order valence-corrected chi connectivity index (χ4v) is 2.12. The summed E-state index contributed by atoms with van der Waals surface area (Å²) in [4.78, 5) is 13.3. The SMILES string of the molecule is CN(Cc1ccoc1)C(C)(C(=O)O)C1CC1. The third-order valence-electron chi connectivity index (χ3n) is 3.60. The summed E-state index contributed by atoms with van der Waals surface area (Å²) in [6.45, 7) is 2.42. The van der Waals surface area contributed by atoms with E-state index in [1.54, 1.807) is 12.5 Å². The number of rotatable bonds is 5. The van der Waals surface area contributed by atoms with Crippen molar-refractivity contribution in [2.45, 2.75) is 31.8 Å². The molecule has 0 saturated heterocycles. The highest BCUT2D eigenvalue weighted by molar-refractivity contribution is 5.79. The summed E-state index contributed by atoms with van der Waals surface area (Å²) in [7, 11) is 1.86. The molecule has 16 heavy (non-hydrogen) atoms. The van der Waals surface area contributed by atoms with Crippen molar-refractivity contribution in [1.29, 1.82) is 0 Å². The van der Waals surface area contributed by atoms with E-state index in [2.05, 4.69) is 0 Å². The molecule has 1 heterocycles. The lowest BCUT2D eigenvalue weighted by atomic mass is 9.93. The monoisotopic (exact) mass is 223 g/mol. The summed E-state index contributed by atoms with van der Waals surface area (Å²) >= 11 is 0. The number of nitrogens with zero attached hydrogens (tertiary/aromatic N) is 1. The molecule has 0 spiro atoms. The average molecular weight is 223 g/mol. The molecule has 1 saturated carbocycles. The van der Waals surface area contributed by atoms with Gasteiger partial charge in [0.2, 0.25) is 0 Å². The lowest BCUT2D eigenvalue weighted by molar-refractivity contribution is -0.151. The van der Waals surface area contributed by atoms with Crippen LogP contribution >= 0.6 is 0 Å². The van der Waals surface area contributed by atoms with Crippen molar-refractivity contribution in [2.75, 3.05) is 7.05 Å². The van der Waals surface area contributed by atoms with Gasteiger partial charge in [-0.25, -0.2) is 0 Å². The molecule has 0 aromatic carbocycles. The van der Waals surface area contributed by atoms with Crippen LogP contribution in [0, 0.1) is 5.92 Å². The maximum absolute atomic E-state index is 11.4. The molecule has 1 N–H and O–H groups in total. The molecule has 1 aromatic heterocycles. The summed E-state index contributed by atoms with van der Waals surface area (Å²) in [5.74, 6) is -0.456. The van der Waals surface area contributed by atoms with Crippen LogP contribution in [0.1, 0.15) is 25.3 Å². The number of likely N-dealkylation sites (N-methyl/N-ethyl adjacent to an activating group) is 1. The lowest BCUT2D eigenvalue weighted by Gasteiger charge is -2.35. The Morgan fingerprint density at radius 1 is 1.69 bits per heavy atom. The minimum atomic E-state index is -0.753. The van der Waals surface area contributed by atoms with Gasteiger partial charge in [0.15, 0.2) is 0 Å². The summed E-state index contributed by atoms with van der Waals surface area (Å²) in [6.07, 6.45) is 5.29. The van der Waals surface area contributed by atoms with E-state index >= 15 is 0 Å². The molecule has 1 fully saturated rings. The smallest absolute Gasteiger partial charge is 0.324 e. The molecule has 0 bridgehead atoms. The van der Waals surface area contributed by atoms with E-state index in [0.717, 1.165) is 18.4 Å². The molecule has 1 atom stereocenters. The minimum absolute atomic E-state index is 0.280. The number of carbonyl (C=O) groups is 1. The van der Waals surface area contributed by atoms with Gasteiger partial charge in [-0.05, 0) is 38.8 Å².